The lowest BCUT2D eigenvalue weighted by atomic mass is 10.0. The Kier molecular flexibility index (Phi) is 4.27. The van der Waals surface area contributed by atoms with Gasteiger partial charge in [0.25, 0.3) is 0 Å². The highest BCUT2D eigenvalue weighted by Crippen LogP contribution is 2.17. The van der Waals surface area contributed by atoms with Crippen molar-refractivity contribution in [2.45, 2.75) is 18.9 Å². The summed E-state index contributed by atoms with van der Waals surface area (Å²) < 4.78 is 0. The molecule has 1 saturated heterocycles. The van der Waals surface area contributed by atoms with E-state index in [0.717, 1.165) is 31.6 Å². The molecule has 0 spiro atoms. The highest BCUT2D eigenvalue weighted by Gasteiger charge is 2.23. The lowest BCUT2D eigenvalue weighted by molar-refractivity contribution is 0.156. The van der Waals surface area contributed by atoms with Crippen LogP contribution in [-0.2, 0) is 0 Å². The zero-order valence-electron chi connectivity index (χ0n) is 11.6. The Bertz CT molecular complexity index is 439. The van der Waals surface area contributed by atoms with Crippen molar-refractivity contribution in [3.8, 4) is 0 Å². The van der Waals surface area contributed by atoms with Gasteiger partial charge in [0.05, 0.1) is 0 Å². The fourth-order valence-electron chi connectivity index (χ4n) is 2.40. The SMILES string of the molecule is CN(C)C1CCN(C(=O)Nc2cccc(N)c2)CC1. The number of nitrogen functional groups attached to an aromatic ring is 1. The molecule has 1 aliphatic rings. The van der Waals surface area contributed by atoms with Crippen LogP contribution in [-0.4, -0.2) is 49.1 Å². The number of rotatable bonds is 2. The normalized spacial score (nSPS) is 16.7. The summed E-state index contributed by atoms with van der Waals surface area (Å²) in [7, 11) is 4.18. The summed E-state index contributed by atoms with van der Waals surface area (Å²) >= 11 is 0. The van der Waals surface area contributed by atoms with Crippen LogP contribution >= 0.6 is 0 Å². The maximum Gasteiger partial charge on any atom is 0.321 e. The number of hydrogen-bond donors (Lipinski definition) is 2. The minimum absolute atomic E-state index is 0.0391. The van der Waals surface area contributed by atoms with Gasteiger partial charge in [0.2, 0.25) is 0 Å². The summed E-state index contributed by atoms with van der Waals surface area (Å²) in [6.45, 7) is 1.61. The van der Waals surface area contributed by atoms with E-state index in [0.29, 0.717) is 11.7 Å². The minimum Gasteiger partial charge on any atom is -0.399 e. The molecule has 3 N–H and O–H groups in total. The number of nitrogens with two attached hydrogens (primary N) is 1. The predicted octanol–water partition coefficient (Wildman–Crippen LogP) is 1.83. The number of nitrogens with one attached hydrogen (secondary N) is 1. The molecule has 0 unspecified atom stereocenters. The van der Waals surface area contributed by atoms with Crippen molar-refractivity contribution in [3.05, 3.63) is 24.3 Å². The summed E-state index contributed by atoms with van der Waals surface area (Å²) in [5.74, 6) is 0. The van der Waals surface area contributed by atoms with Crippen LogP contribution in [0.2, 0.25) is 0 Å². The third-order valence-corrected chi connectivity index (χ3v) is 3.62. The largest absolute Gasteiger partial charge is 0.399 e. The first-order valence-electron chi connectivity index (χ1n) is 6.64. The molecule has 2 amide bonds. The summed E-state index contributed by atoms with van der Waals surface area (Å²) in [5.41, 5.74) is 7.10. The number of carbonyl (C=O) groups excluding carboxylic acids is 1. The molecule has 5 nitrogen and oxygen atoms in total. The number of piperidine rings is 1. The van der Waals surface area contributed by atoms with Gasteiger partial charge < -0.3 is 20.9 Å². The summed E-state index contributed by atoms with van der Waals surface area (Å²) in [6.07, 6.45) is 2.05. The van der Waals surface area contributed by atoms with Gasteiger partial charge in [-0.05, 0) is 45.1 Å². The van der Waals surface area contributed by atoms with Gasteiger partial charge in [0.15, 0.2) is 0 Å². The van der Waals surface area contributed by atoms with Crippen molar-refractivity contribution < 1.29 is 4.79 Å². The average Bonchev–Trinajstić information content (AvgIpc) is 2.39. The van der Waals surface area contributed by atoms with E-state index in [4.69, 9.17) is 5.73 Å². The number of amides is 2. The van der Waals surface area contributed by atoms with Gasteiger partial charge in [-0.2, -0.15) is 0 Å². The highest BCUT2D eigenvalue weighted by atomic mass is 16.2. The molecule has 1 fully saturated rings. The standard InChI is InChI=1S/C14H22N4O/c1-17(2)13-6-8-18(9-7-13)14(19)16-12-5-3-4-11(15)10-12/h3-5,10,13H,6-9,15H2,1-2H3,(H,16,19). The van der Waals surface area contributed by atoms with Crippen molar-refractivity contribution in [1.82, 2.24) is 9.80 Å². The first-order chi connectivity index (χ1) is 9.06. The van der Waals surface area contributed by atoms with E-state index in [1.165, 1.54) is 0 Å². The molecule has 0 aliphatic carbocycles. The Hall–Kier alpha value is -1.75. The van der Waals surface area contributed by atoms with Crippen LogP contribution < -0.4 is 11.1 Å². The molecular weight excluding hydrogens is 240 g/mol. The first kappa shape index (κ1) is 13.7. The topological polar surface area (TPSA) is 61.6 Å². The molecule has 1 heterocycles. The third kappa shape index (κ3) is 3.61. The quantitative estimate of drug-likeness (QED) is 0.799. The first-order valence-corrected chi connectivity index (χ1v) is 6.64. The van der Waals surface area contributed by atoms with E-state index in [1.54, 1.807) is 12.1 Å². The molecule has 2 rings (SSSR count). The Morgan fingerprint density at radius 1 is 1.37 bits per heavy atom. The van der Waals surface area contributed by atoms with E-state index < -0.39 is 0 Å². The van der Waals surface area contributed by atoms with Crippen molar-refractivity contribution in [3.63, 3.8) is 0 Å². The van der Waals surface area contributed by atoms with Gasteiger partial charge in [0.1, 0.15) is 0 Å². The summed E-state index contributed by atoms with van der Waals surface area (Å²) in [4.78, 5) is 16.2. The Labute approximate surface area is 114 Å². The number of anilines is 2. The van der Waals surface area contributed by atoms with E-state index in [1.807, 2.05) is 17.0 Å². The molecule has 19 heavy (non-hydrogen) atoms. The number of nitrogens with zero attached hydrogens (tertiary/aromatic N) is 2. The zero-order valence-corrected chi connectivity index (χ0v) is 11.6. The molecule has 0 bridgehead atoms. The predicted molar refractivity (Wildman–Crippen MR) is 78.2 cm³/mol. The van der Waals surface area contributed by atoms with Crippen LogP contribution in [0.25, 0.3) is 0 Å². The van der Waals surface area contributed by atoms with Crippen LogP contribution in [0, 0.1) is 0 Å². The minimum atomic E-state index is -0.0391. The average molecular weight is 262 g/mol. The van der Waals surface area contributed by atoms with Gasteiger partial charge in [0, 0.05) is 30.5 Å². The van der Waals surface area contributed by atoms with Gasteiger partial charge in [-0.3, -0.25) is 0 Å². The second kappa shape index (κ2) is 5.93. The number of carbonyl (C=O) groups is 1. The lowest BCUT2D eigenvalue weighted by Crippen LogP contribution is -2.46. The molecule has 1 aromatic rings. The lowest BCUT2D eigenvalue weighted by Gasteiger charge is -2.35. The van der Waals surface area contributed by atoms with Crippen molar-refractivity contribution in [2.24, 2.45) is 0 Å². The van der Waals surface area contributed by atoms with Crippen LogP contribution in [0.5, 0.6) is 0 Å². The number of urea groups is 1. The highest BCUT2D eigenvalue weighted by molar-refractivity contribution is 5.89. The molecule has 0 atom stereocenters. The van der Waals surface area contributed by atoms with E-state index in [-0.39, 0.29) is 6.03 Å². The maximum atomic E-state index is 12.1. The van der Waals surface area contributed by atoms with Crippen LogP contribution in [0.1, 0.15) is 12.8 Å². The smallest absolute Gasteiger partial charge is 0.321 e. The van der Waals surface area contributed by atoms with Gasteiger partial charge in [-0.15, -0.1) is 0 Å². The second-order valence-corrected chi connectivity index (χ2v) is 5.24. The summed E-state index contributed by atoms with van der Waals surface area (Å²) in [6, 6.07) is 7.80. The molecule has 0 radical (unpaired) electrons. The fraction of sp³-hybridized carbons (Fsp3) is 0.500. The monoisotopic (exact) mass is 262 g/mol. The maximum absolute atomic E-state index is 12.1. The van der Waals surface area contributed by atoms with Gasteiger partial charge >= 0.3 is 6.03 Å². The molecule has 1 aromatic carbocycles. The van der Waals surface area contributed by atoms with E-state index in [9.17, 15) is 4.79 Å². The summed E-state index contributed by atoms with van der Waals surface area (Å²) in [5, 5.41) is 2.89. The fourth-order valence-corrected chi connectivity index (χ4v) is 2.40. The van der Waals surface area contributed by atoms with Gasteiger partial charge in [-0.25, -0.2) is 4.79 Å². The van der Waals surface area contributed by atoms with E-state index in [2.05, 4.69) is 24.3 Å². The van der Waals surface area contributed by atoms with E-state index >= 15 is 0 Å². The Morgan fingerprint density at radius 3 is 2.63 bits per heavy atom. The van der Waals surface area contributed by atoms with Gasteiger partial charge in [-0.1, -0.05) is 6.07 Å². The molecule has 0 aromatic heterocycles. The number of benzene rings is 1. The molecular formula is C14H22N4O. The number of hydrogen-bond acceptors (Lipinski definition) is 3. The van der Waals surface area contributed by atoms with Crippen molar-refractivity contribution in [1.29, 1.82) is 0 Å². The van der Waals surface area contributed by atoms with Crippen LogP contribution in [0.15, 0.2) is 24.3 Å². The van der Waals surface area contributed by atoms with Crippen LogP contribution in [0.4, 0.5) is 16.2 Å². The zero-order chi connectivity index (χ0) is 13.8. The molecule has 5 heteroatoms. The van der Waals surface area contributed by atoms with Crippen molar-refractivity contribution >= 4 is 17.4 Å². The Morgan fingerprint density at radius 2 is 2.05 bits per heavy atom. The second-order valence-electron chi connectivity index (χ2n) is 5.24. The molecule has 1 aliphatic heterocycles. The third-order valence-electron chi connectivity index (χ3n) is 3.62. The Balaban J connectivity index is 1.88. The molecule has 0 saturated carbocycles. The number of likely N-dealkylation sites (tertiary alicyclic amines) is 1. The van der Waals surface area contributed by atoms with Crippen LogP contribution in [0.3, 0.4) is 0 Å². The molecule has 104 valence electrons. The van der Waals surface area contributed by atoms with Crippen molar-refractivity contribution in [2.75, 3.05) is 38.2 Å².